The number of hydrogen-bond donors (Lipinski definition) is 4. The molecule has 6 N–H and O–H groups in total. The largest absolute Gasteiger partial charge is 0.480 e. The zero-order valence-electron chi connectivity index (χ0n) is 15.9. The van der Waals surface area contributed by atoms with E-state index in [1.165, 1.54) is 11.1 Å². The first-order chi connectivity index (χ1) is 14.0. The second-order valence-electron chi connectivity index (χ2n) is 6.84. The van der Waals surface area contributed by atoms with Gasteiger partial charge >= 0.3 is 12.1 Å². The molecule has 0 aliphatic heterocycles. The van der Waals surface area contributed by atoms with Crippen LogP contribution in [0.1, 0.15) is 29.5 Å². The predicted octanol–water partition coefficient (Wildman–Crippen LogP) is 1.99. The van der Waals surface area contributed by atoms with Crippen LogP contribution in [0.25, 0.3) is 11.1 Å². The third kappa shape index (κ3) is 5.04. The molecule has 0 heterocycles. The number of carboxylic acids is 1. The molecule has 1 atom stereocenters. The summed E-state index contributed by atoms with van der Waals surface area (Å²) >= 11 is 0. The monoisotopic (exact) mass is 396 g/mol. The molecule has 1 aliphatic carbocycles. The van der Waals surface area contributed by atoms with E-state index in [4.69, 9.17) is 16.2 Å². The first kappa shape index (κ1) is 20.2. The van der Waals surface area contributed by atoms with E-state index in [1.54, 1.807) is 0 Å². The van der Waals surface area contributed by atoms with Gasteiger partial charge in [-0.05, 0) is 47.1 Å². The van der Waals surface area contributed by atoms with Crippen molar-refractivity contribution in [2.75, 3.05) is 6.54 Å². The minimum Gasteiger partial charge on any atom is -0.480 e. The second kappa shape index (κ2) is 9.09. The maximum atomic E-state index is 12.1. The van der Waals surface area contributed by atoms with Crippen molar-refractivity contribution in [3.63, 3.8) is 0 Å². The molecule has 1 aliphatic rings. The summed E-state index contributed by atoms with van der Waals surface area (Å²) in [5.41, 5.74) is 16.1. The molecule has 29 heavy (non-hydrogen) atoms. The van der Waals surface area contributed by atoms with Crippen LogP contribution in [0.5, 0.6) is 0 Å². The van der Waals surface area contributed by atoms with Gasteiger partial charge in [-0.2, -0.15) is 0 Å². The van der Waals surface area contributed by atoms with Crippen molar-refractivity contribution in [1.29, 1.82) is 0 Å². The van der Waals surface area contributed by atoms with Crippen LogP contribution in [-0.2, 0) is 22.6 Å². The van der Waals surface area contributed by atoms with Gasteiger partial charge in [0.05, 0.1) is 0 Å². The van der Waals surface area contributed by atoms with E-state index in [9.17, 15) is 14.7 Å². The maximum Gasteiger partial charge on any atom is 0.408 e. The van der Waals surface area contributed by atoms with Crippen molar-refractivity contribution >= 4 is 18.0 Å². The Morgan fingerprint density at radius 3 is 2.66 bits per heavy atom. The summed E-state index contributed by atoms with van der Waals surface area (Å²) < 4.78 is 5.30. The Hall–Kier alpha value is -3.55. The average Bonchev–Trinajstić information content (AvgIpc) is 3.07. The fraction of sp³-hybridized carbons (Fsp3) is 0.286. The lowest BCUT2D eigenvalue weighted by atomic mass is 10.0. The third-order valence-electron chi connectivity index (χ3n) is 4.84. The molecular weight excluding hydrogens is 372 g/mol. The standard InChI is InChI=1S/C21H24N4O4/c22-20(23)24-10-4-9-18(19(26)27)25-21(28)29-12-14-6-3-8-16-15-7-2-1-5-13(15)11-17(14)16/h1-3,5-8,18H,4,9-12H2,(H,25,28)(H,26,27)(H4,22,23,24)/t18-/m0/s1. The molecule has 152 valence electrons. The Morgan fingerprint density at radius 2 is 1.90 bits per heavy atom. The molecule has 2 aromatic carbocycles. The summed E-state index contributed by atoms with van der Waals surface area (Å²) in [7, 11) is 0. The van der Waals surface area contributed by atoms with E-state index < -0.39 is 18.1 Å². The number of amides is 1. The highest BCUT2D eigenvalue weighted by Gasteiger charge is 2.23. The van der Waals surface area contributed by atoms with Crippen LogP contribution in [0.15, 0.2) is 47.5 Å². The SMILES string of the molecule is NC(N)=NCCC[C@H](NC(=O)OCc1cccc2c1Cc1ccccc1-2)C(=O)O. The fourth-order valence-electron chi connectivity index (χ4n) is 3.45. The number of nitrogens with zero attached hydrogens (tertiary/aromatic N) is 1. The lowest BCUT2D eigenvalue weighted by molar-refractivity contribution is -0.139. The van der Waals surface area contributed by atoms with Gasteiger partial charge < -0.3 is 26.6 Å². The molecule has 0 radical (unpaired) electrons. The van der Waals surface area contributed by atoms with Gasteiger partial charge in [-0.15, -0.1) is 0 Å². The molecule has 0 unspecified atom stereocenters. The average molecular weight is 396 g/mol. The molecule has 3 rings (SSSR count). The lowest BCUT2D eigenvalue weighted by Gasteiger charge is -2.15. The summed E-state index contributed by atoms with van der Waals surface area (Å²) in [4.78, 5) is 27.3. The van der Waals surface area contributed by atoms with Gasteiger partial charge in [-0.25, -0.2) is 9.59 Å². The van der Waals surface area contributed by atoms with Crippen molar-refractivity contribution in [3.8, 4) is 11.1 Å². The number of fused-ring (bicyclic) bond motifs is 3. The van der Waals surface area contributed by atoms with Crippen LogP contribution >= 0.6 is 0 Å². The van der Waals surface area contributed by atoms with Crippen LogP contribution < -0.4 is 16.8 Å². The number of carbonyl (C=O) groups is 2. The van der Waals surface area contributed by atoms with E-state index in [-0.39, 0.29) is 19.0 Å². The van der Waals surface area contributed by atoms with Gasteiger partial charge in [0.25, 0.3) is 0 Å². The number of nitrogens with two attached hydrogens (primary N) is 2. The number of rotatable bonds is 8. The van der Waals surface area contributed by atoms with Crippen molar-refractivity contribution in [2.45, 2.75) is 31.9 Å². The Kier molecular flexibility index (Phi) is 6.33. The van der Waals surface area contributed by atoms with Crippen LogP contribution in [0, 0.1) is 0 Å². The summed E-state index contributed by atoms with van der Waals surface area (Å²) in [6.45, 7) is 0.364. The minimum atomic E-state index is -1.14. The smallest absolute Gasteiger partial charge is 0.408 e. The number of guanidine groups is 1. The number of aliphatic carboxylic acids is 1. The lowest BCUT2D eigenvalue weighted by Crippen LogP contribution is -2.41. The van der Waals surface area contributed by atoms with Gasteiger partial charge in [0.15, 0.2) is 5.96 Å². The third-order valence-corrected chi connectivity index (χ3v) is 4.84. The molecule has 2 aromatic rings. The van der Waals surface area contributed by atoms with Crippen molar-refractivity contribution in [1.82, 2.24) is 5.32 Å². The molecule has 0 saturated heterocycles. The van der Waals surface area contributed by atoms with Crippen LogP contribution in [0.4, 0.5) is 4.79 Å². The van der Waals surface area contributed by atoms with E-state index >= 15 is 0 Å². The van der Waals surface area contributed by atoms with Gasteiger partial charge in [-0.3, -0.25) is 4.99 Å². The first-order valence-corrected chi connectivity index (χ1v) is 9.36. The molecule has 8 nitrogen and oxygen atoms in total. The highest BCUT2D eigenvalue weighted by molar-refractivity contribution is 5.80. The number of benzene rings is 2. The van der Waals surface area contributed by atoms with Gasteiger partial charge in [0.2, 0.25) is 0 Å². The Labute approximate surface area is 168 Å². The summed E-state index contributed by atoms with van der Waals surface area (Å²) in [5.74, 6) is -1.19. The fourth-order valence-corrected chi connectivity index (χ4v) is 3.45. The van der Waals surface area contributed by atoms with Gasteiger partial charge in [0, 0.05) is 6.54 Å². The van der Waals surface area contributed by atoms with Crippen molar-refractivity contribution in [3.05, 3.63) is 59.2 Å². The van der Waals surface area contributed by atoms with E-state index in [1.807, 2.05) is 24.3 Å². The zero-order valence-corrected chi connectivity index (χ0v) is 15.9. The van der Waals surface area contributed by atoms with Crippen LogP contribution in [0.2, 0.25) is 0 Å². The Morgan fingerprint density at radius 1 is 1.14 bits per heavy atom. The van der Waals surface area contributed by atoms with E-state index in [0.717, 1.165) is 23.1 Å². The normalized spacial score (nSPS) is 12.4. The van der Waals surface area contributed by atoms with Crippen molar-refractivity contribution in [2.24, 2.45) is 16.5 Å². The van der Waals surface area contributed by atoms with Crippen LogP contribution in [-0.4, -0.2) is 35.7 Å². The number of nitrogens with one attached hydrogen (secondary N) is 1. The van der Waals surface area contributed by atoms with Crippen LogP contribution in [0.3, 0.4) is 0 Å². The number of carboxylic acid groups (broad SMARTS) is 1. The maximum absolute atomic E-state index is 12.1. The number of carbonyl (C=O) groups excluding carboxylic acids is 1. The molecule has 0 bridgehead atoms. The number of alkyl carbamates (subject to hydrolysis) is 1. The number of hydrogen-bond acceptors (Lipinski definition) is 4. The predicted molar refractivity (Wildman–Crippen MR) is 109 cm³/mol. The molecule has 8 heteroatoms. The summed E-state index contributed by atoms with van der Waals surface area (Å²) in [5, 5.41) is 11.7. The second-order valence-corrected chi connectivity index (χ2v) is 6.84. The zero-order chi connectivity index (χ0) is 20.8. The quantitative estimate of drug-likeness (QED) is 0.261. The van der Waals surface area contributed by atoms with E-state index in [0.29, 0.717) is 13.0 Å². The molecule has 1 amide bonds. The van der Waals surface area contributed by atoms with E-state index in [2.05, 4.69) is 28.5 Å². The molecule has 0 saturated carbocycles. The molecular formula is C21H24N4O4. The summed E-state index contributed by atoms with van der Waals surface area (Å²) in [6, 6.07) is 13.0. The minimum absolute atomic E-state index is 0.0539. The Balaban J connectivity index is 1.57. The van der Waals surface area contributed by atoms with Crippen molar-refractivity contribution < 1.29 is 19.4 Å². The highest BCUT2D eigenvalue weighted by Crippen LogP contribution is 2.38. The summed E-state index contributed by atoms with van der Waals surface area (Å²) in [6.07, 6.45) is 0.624. The highest BCUT2D eigenvalue weighted by atomic mass is 16.5. The topological polar surface area (TPSA) is 140 Å². The molecule has 0 aromatic heterocycles. The number of ether oxygens (including phenoxy) is 1. The number of aliphatic imine (C=N–C) groups is 1. The molecule has 0 spiro atoms. The van der Waals surface area contributed by atoms with Gasteiger partial charge in [0.1, 0.15) is 12.6 Å². The molecule has 0 fully saturated rings. The Bertz CT molecular complexity index is 938. The van der Waals surface area contributed by atoms with Gasteiger partial charge in [-0.1, -0.05) is 42.5 Å². The first-order valence-electron chi connectivity index (χ1n) is 9.36.